The standard InChI is InChI=1S/C14H19Cl2NO2/c1-9(11-3-4-12(15)13(16)7-11)17-8-14(18)5-6-19-10(14)2/h3-4,7,9-10,17-18H,5-6,8H2,1-2H3. The van der Waals surface area contributed by atoms with Gasteiger partial charge in [-0.3, -0.25) is 0 Å². The zero-order valence-electron chi connectivity index (χ0n) is 11.1. The van der Waals surface area contributed by atoms with Crippen LogP contribution in [-0.2, 0) is 4.74 Å². The lowest BCUT2D eigenvalue weighted by molar-refractivity contribution is -0.0274. The average Bonchev–Trinajstić information content (AvgIpc) is 2.71. The van der Waals surface area contributed by atoms with Gasteiger partial charge in [0, 0.05) is 25.6 Å². The van der Waals surface area contributed by atoms with Crippen molar-refractivity contribution in [3.63, 3.8) is 0 Å². The minimum absolute atomic E-state index is 0.0894. The molecule has 1 aromatic rings. The van der Waals surface area contributed by atoms with E-state index >= 15 is 0 Å². The highest BCUT2D eigenvalue weighted by molar-refractivity contribution is 6.42. The molecule has 1 heterocycles. The van der Waals surface area contributed by atoms with Crippen molar-refractivity contribution in [2.45, 2.75) is 38.0 Å². The third kappa shape index (κ3) is 3.41. The van der Waals surface area contributed by atoms with Crippen LogP contribution in [0, 0.1) is 0 Å². The number of aliphatic hydroxyl groups is 1. The number of ether oxygens (including phenoxy) is 1. The van der Waals surface area contributed by atoms with E-state index in [2.05, 4.69) is 5.32 Å². The van der Waals surface area contributed by atoms with Gasteiger partial charge in [0.1, 0.15) is 5.60 Å². The van der Waals surface area contributed by atoms with Gasteiger partial charge in [-0.05, 0) is 31.5 Å². The Labute approximate surface area is 123 Å². The van der Waals surface area contributed by atoms with Crippen LogP contribution in [0.1, 0.15) is 31.9 Å². The largest absolute Gasteiger partial charge is 0.386 e. The Bertz CT molecular complexity index is 455. The van der Waals surface area contributed by atoms with Crippen molar-refractivity contribution in [2.24, 2.45) is 0 Å². The predicted octanol–water partition coefficient (Wildman–Crippen LogP) is 3.18. The fourth-order valence-electron chi connectivity index (χ4n) is 2.23. The van der Waals surface area contributed by atoms with Gasteiger partial charge < -0.3 is 15.2 Å². The molecule has 3 atom stereocenters. The van der Waals surface area contributed by atoms with E-state index in [1.165, 1.54) is 0 Å². The Kier molecular flexibility index (Phi) is 4.75. The third-order valence-electron chi connectivity index (χ3n) is 3.82. The molecule has 0 radical (unpaired) electrons. The van der Waals surface area contributed by atoms with E-state index < -0.39 is 5.60 Å². The zero-order valence-corrected chi connectivity index (χ0v) is 12.6. The molecule has 0 aromatic heterocycles. The molecule has 3 unspecified atom stereocenters. The quantitative estimate of drug-likeness (QED) is 0.897. The van der Waals surface area contributed by atoms with Crippen LogP contribution < -0.4 is 5.32 Å². The van der Waals surface area contributed by atoms with E-state index in [4.69, 9.17) is 27.9 Å². The number of nitrogens with one attached hydrogen (secondary N) is 1. The summed E-state index contributed by atoms with van der Waals surface area (Å²) in [7, 11) is 0. The molecule has 19 heavy (non-hydrogen) atoms. The average molecular weight is 304 g/mol. The number of hydrogen-bond acceptors (Lipinski definition) is 3. The number of halogens is 2. The van der Waals surface area contributed by atoms with Gasteiger partial charge in [0.05, 0.1) is 16.1 Å². The first-order chi connectivity index (χ1) is 8.92. The minimum atomic E-state index is -0.787. The summed E-state index contributed by atoms with van der Waals surface area (Å²) >= 11 is 11.9. The van der Waals surface area contributed by atoms with Gasteiger partial charge in [0.2, 0.25) is 0 Å². The summed E-state index contributed by atoms with van der Waals surface area (Å²) in [4.78, 5) is 0. The molecule has 1 aliphatic heterocycles. The lowest BCUT2D eigenvalue weighted by atomic mass is 9.96. The predicted molar refractivity (Wildman–Crippen MR) is 77.9 cm³/mol. The summed E-state index contributed by atoms with van der Waals surface area (Å²) in [5.74, 6) is 0. The second kappa shape index (κ2) is 5.98. The van der Waals surface area contributed by atoms with Crippen molar-refractivity contribution in [3.05, 3.63) is 33.8 Å². The molecule has 2 N–H and O–H groups in total. The van der Waals surface area contributed by atoms with Crippen LogP contribution in [0.5, 0.6) is 0 Å². The molecule has 0 saturated carbocycles. The molecule has 106 valence electrons. The number of benzene rings is 1. The molecule has 0 spiro atoms. The highest BCUT2D eigenvalue weighted by atomic mass is 35.5. The summed E-state index contributed by atoms with van der Waals surface area (Å²) in [5.41, 5.74) is 0.259. The van der Waals surface area contributed by atoms with Crippen molar-refractivity contribution in [2.75, 3.05) is 13.2 Å². The maximum Gasteiger partial charge on any atom is 0.105 e. The van der Waals surface area contributed by atoms with Crippen molar-refractivity contribution in [1.29, 1.82) is 0 Å². The summed E-state index contributed by atoms with van der Waals surface area (Å²) < 4.78 is 5.41. The van der Waals surface area contributed by atoms with Gasteiger partial charge >= 0.3 is 0 Å². The van der Waals surface area contributed by atoms with Crippen molar-refractivity contribution < 1.29 is 9.84 Å². The van der Waals surface area contributed by atoms with Gasteiger partial charge in [0.15, 0.2) is 0 Å². The highest BCUT2D eigenvalue weighted by Gasteiger charge is 2.39. The summed E-state index contributed by atoms with van der Waals surface area (Å²) in [6.45, 7) is 5.04. The van der Waals surface area contributed by atoms with E-state index in [0.717, 1.165) is 5.56 Å². The molecule has 5 heteroatoms. The van der Waals surface area contributed by atoms with E-state index in [9.17, 15) is 5.11 Å². The topological polar surface area (TPSA) is 41.5 Å². The van der Waals surface area contributed by atoms with Gasteiger partial charge in [-0.2, -0.15) is 0 Å². The molecule has 1 fully saturated rings. The monoisotopic (exact) mass is 303 g/mol. The van der Waals surface area contributed by atoms with Crippen LogP contribution >= 0.6 is 23.2 Å². The minimum Gasteiger partial charge on any atom is -0.386 e. The molecule has 0 amide bonds. The van der Waals surface area contributed by atoms with E-state index in [1.807, 2.05) is 26.0 Å². The van der Waals surface area contributed by atoms with Crippen LogP contribution in [0.15, 0.2) is 18.2 Å². The highest BCUT2D eigenvalue weighted by Crippen LogP contribution is 2.28. The first kappa shape index (κ1) is 15.1. The molecule has 2 rings (SSSR count). The molecule has 0 aliphatic carbocycles. The normalized spacial score (nSPS) is 28.6. The maximum atomic E-state index is 10.4. The lowest BCUT2D eigenvalue weighted by Crippen LogP contribution is -2.46. The molecular weight excluding hydrogens is 285 g/mol. The molecule has 1 saturated heterocycles. The Morgan fingerprint density at radius 1 is 1.47 bits per heavy atom. The SMILES string of the molecule is CC(NCC1(O)CCOC1C)c1ccc(Cl)c(Cl)c1. The van der Waals surface area contributed by atoms with Crippen LogP contribution in [0.25, 0.3) is 0 Å². The fraction of sp³-hybridized carbons (Fsp3) is 0.571. The summed E-state index contributed by atoms with van der Waals surface area (Å²) in [6, 6.07) is 5.66. The van der Waals surface area contributed by atoms with Crippen molar-refractivity contribution in [1.82, 2.24) is 5.32 Å². The van der Waals surface area contributed by atoms with Crippen LogP contribution in [0.4, 0.5) is 0 Å². The van der Waals surface area contributed by atoms with Crippen LogP contribution in [0.2, 0.25) is 10.0 Å². The zero-order chi connectivity index (χ0) is 14.0. The van der Waals surface area contributed by atoms with E-state index in [0.29, 0.717) is 29.6 Å². The second-order valence-corrected chi connectivity index (χ2v) is 5.96. The first-order valence-corrected chi connectivity index (χ1v) is 7.20. The lowest BCUT2D eigenvalue weighted by Gasteiger charge is -2.28. The molecular formula is C14H19Cl2NO2. The molecule has 3 nitrogen and oxygen atoms in total. The number of hydrogen-bond donors (Lipinski definition) is 2. The van der Waals surface area contributed by atoms with Gasteiger partial charge in [-0.15, -0.1) is 0 Å². The number of rotatable bonds is 4. The Morgan fingerprint density at radius 3 is 2.79 bits per heavy atom. The van der Waals surface area contributed by atoms with Gasteiger partial charge in [-0.1, -0.05) is 29.3 Å². The van der Waals surface area contributed by atoms with Crippen molar-refractivity contribution >= 4 is 23.2 Å². The summed E-state index contributed by atoms with van der Waals surface area (Å²) in [5, 5.41) is 14.8. The Balaban J connectivity index is 1.97. The van der Waals surface area contributed by atoms with Crippen molar-refractivity contribution in [3.8, 4) is 0 Å². The van der Waals surface area contributed by atoms with Crippen LogP contribution in [0.3, 0.4) is 0 Å². The molecule has 1 aliphatic rings. The maximum absolute atomic E-state index is 10.4. The van der Waals surface area contributed by atoms with Crippen LogP contribution in [-0.4, -0.2) is 30.0 Å². The third-order valence-corrected chi connectivity index (χ3v) is 4.56. The Morgan fingerprint density at radius 2 is 2.21 bits per heavy atom. The first-order valence-electron chi connectivity index (χ1n) is 6.45. The Hall–Kier alpha value is -0.320. The van der Waals surface area contributed by atoms with E-state index in [1.54, 1.807) is 6.07 Å². The van der Waals surface area contributed by atoms with Gasteiger partial charge in [-0.25, -0.2) is 0 Å². The van der Waals surface area contributed by atoms with Gasteiger partial charge in [0.25, 0.3) is 0 Å². The molecule has 1 aromatic carbocycles. The fourth-order valence-corrected chi connectivity index (χ4v) is 2.54. The second-order valence-electron chi connectivity index (χ2n) is 5.14. The van der Waals surface area contributed by atoms with E-state index in [-0.39, 0.29) is 12.1 Å². The smallest absolute Gasteiger partial charge is 0.105 e. The molecule has 0 bridgehead atoms. The summed E-state index contributed by atoms with van der Waals surface area (Å²) in [6.07, 6.45) is 0.524.